The molecule has 0 aromatic rings. The molecule has 2 unspecified atom stereocenters. The summed E-state index contributed by atoms with van der Waals surface area (Å²) in [5.74, 6) is -0.730. The molecule has 0 aromatic carbocycles. The first-order valence-corrected chi connectivity index (χ1v) is 4.42. The SMILES string of the molecule is CC1CCC(C)(C)C(C(=O)O)N1. The minimum Gasteiger partial charge on any atom is -0.480 e. The van der Waals surface area contributed by atoms with E-state index in [1.165, 1.54) is 0 Å². The highest BCUT2D eigenvalue weighted by atomic mass is 16.4. The zero-order valence-corrected chi connectivity index (χ0v) is 7.92. The van der Waals surface area contributed by atoms with E-state index in [-0.39, 0.29) is 11.5 Å². The van der Waals surface area contributed by atoms with Crippen molar-refractivity contribution in [3.8, 4) is 0 Å². The van der Waals surface area contributed by atoms with Crippen LogP contribution in [0.3, 0.4) is 0 Å². The van der Waals surface area contributed by atoms with Crippen LogP contribution < -0.4 is 5.32 Å². The molecule has 2 atom stereocenters. The number of carboxylic acid groups (broad SMARTS) is 1. The number of carbonyl (C=O) groups is 1. The fraction of sp³-hybridized carbons (Fsp3) is 0.889. The van der Waals surface area contributed by atoms with Gasteiger partial charge in [-0.25, -0.2) is 0 Å². The average Bonchev–Trinajstić information content (AvgIpc) is 1.94. The van der Waals surface area contributed by atoms with Crippen molar-refractivity contribution in [2.45, 2.75) is 45.7 Å². The Morgan fingerprint density at radius 2 is 2.17 bits per heavy atom. The second-order valence-electron chi connectivity index (χ2n) is 4.37. The number of piperidine rings is 1. The molecule has 0 spiro atoms. The molecule has 1 rings (SSSR count). The number of rotatable bonds is 1. The monoisotopic (exact) mass is 171 g/mol. The summed E-state index contributed by atoms with van der Waals surface area (Å²) >= 11 is 0. The minimum atomic E-state index is -0.730. The molecular weight excluding hydrogens is 154 g/mol. The van der Waals surface area contributed by atoms with Gasteiger partial charge in [-0.15, -0.1) is 0 Å². The predicted octanol–water partition coefficient (Wildman–Crippen LogP) is 1.24. The molecule has 3 heteroatoms. The van der Waals surface area contributed by atoms with Gasteiger partial charge < -0.3 is 10.4 Å². The summed E-state index contributed by atoms with van der Waals surface area (Å²) in [4.78, 5) is 10.9. The van der Waals surface area contributed by atoms with Gasteiger partial charge in [0.25, 0.3) is 0 Å². The highest BCUT2D eigenvalue weighted by Crippen LogP contribution is 2.32. The van der Waals surface area contributed by atoms with Gasteiger partial charge in [-0.3, -0.25) is 4.79 Å². The van der Waals surface area contributed by atoms with E-state index in [0.29, 0.717) is 6.04 Å². The molecule has 1 saturated heterocycles. The van der Waals surface area contributed by atoms with Crippen molar-refractivity contribution in [3.05, 3.63) is 0 Å². The van der Waals surface area contributed by atoms with Crippen LogP contribution in [0, 0.1) is 5.41 Å². The molecule has 1 heterocycles. The second-order valence-corrected chi connectivity index (χ2v) is 4.37. The van der Waals surface area contributed by atoms with Crippen LogP contribution in [0.5, 0.6) is 0 Å². The summed E-state index contributed by atoms with van der Waals surface area (Å²) in [6.07, 6.45) is 2.05. The van der Waals surface area contributed by atoms with Crippen LogP contribution in [0.2, 0.25) is 0 Å². The van der Waals surface area contributed by atoms with Gasteiger partial charge in [-0.1, -0.05) is 13.8 Å². The van der Waals surface area contributed by atoms with Gasteiger partial charge in [0.15, 0.2) is 0 Å². The third kappa shape index (κ3) is 1.78. The van der Waals surface area contributed by atoms with Crippen molar-refractivity contribution in [1.82, 2.24) is 5.32 Å². The van der Waals surface area contributed by atoms with E-state index in [1.54, 1.807) is 0 Å². The van der Waals surface area contributed by atoms with Gasteiger partial charge in [0, 0.05) is 6.04 Å². The van der Waals surface area contributed by atoms with Crippen LogP contribution >= 0.6 is 0 Å². The molecular formula is C9H17NO2. The Morgan fingerprint density at radius 3 is 2.58 bits per heavy atom. The van der Waals surface area contributed by atoms with Crippen molar-refractivity contribution in [2.24, 2.45) is 5.41 Å². The highest BCUT2D eigenvalue weighted by molar-refractivity contribution is 5.74. The van der Waals surface area contributed by atoms with Crippen molar-refractivity contribution < 1.29 is 9.90 Å². The van der Waals surface area contributed by atoms with E-state index in [0.717, 1.165) is 12.8 Å². The highest BCUT2D eigenvalue weighted by Gasteiger charge is 2.39. The Balaban J connectivity index is 2.72. The van der Waals surface area contributed by atoms with Crippen molar-refractivity contribution in [2.75, 3.05) is 0 Å². The fourth-order valence-corrected chi connectivity index (χ4v) is 1.73. The zero-order chi connectivity index (χ0) is 9.35. The molecule has 1 aliphatic rings. The van der Waals surface area contributed by atoms with Crippen LogP contribution in [-0.4, -0.2) is 23.2 Å². The molecule has 0 saturated carbocycles. The summed E-state index contributed by atoms with van der Waals surface area (Å²) < 4.78 is 0. The normalized spacial score (nSPS) is 34.6. The topological polar surface area (TPSA) is 49.3 Å². The molecule has 2 N–H and O–H groups in total. The number of carboxylic acids is 1. The Hall–Kier alpha value is -0.570. The summed E-state index contributed by atoms with van der Waals surface area (Å²) in [6, 6.07) is -0.0552. The van der Waals surface area contributed by atoms with Crippen molar-refractivity contribution >= 4 is 5.97 Å². The third-order valence-corrected chi connectivity index (χ3v) is 2.70. The molecule has 0 bridgehead atoms. The van der Waals surface area contributed by atoms with E-state index in [1.807, 2.05) is 20.8 Å². The lowest BCUT2D eigenvalue weighted by Gasteiger charge is -2.39. The lowest BCUT2D eigenvalue weighted by Crippen LogP contribution is -2.54. The Morgan fingerprint density at radius 1 is 1.58 bits per heavy atom. The van der Waals surface area contributed by atoms with Gasteiger partial charge in [0.05, 0.1) is 0 Å². The molecule has 0 aromatic heterocycles. The Kier molecular flexibility index (Phi) is 2.42. The first kappa shape index (κ1) is 9.52. The van der Waals surface area contributed by atoms with Gasteiger partial charge >= 0.3 is 5.97 Å². The molecule has 0 amide bonds. The van der Waals surface area contributed by atoms with Gasteiger partial charge in [0.2, 0.25) is 0 Å². The molecule has 70 valence electrons. The first-order chi connectivity index (χ1) is 5.43. The summed E-state index contributed by atoms with van der Waals surface area (Å²) in [5.41, 5.74) is -0.113. The average molecular weight is 171 g/mol. The first-order valence-electron chi connectivity index (χ1n) is 4.42. The quantitative estimate of drug-likeness (QED) is 0.624. The van der Waals surface area contributed by atoms with Crippen LogP contribution in [-0.2, 0) is 4.79 Å². The fourth-order valence-electron chi connectivity index (χ4n) is 1.73. The van der Waals surface area contributed by atoms with Gasteiger partial charge in [-0.2, -0.15) is 0 Å². The number of hydrogen-bond acceptors (Lipinski definition) is 2. The predicted molar refractivity (Wildman–Crippen MR) is 47.0 cm³/mol. The summed E-state index contributed by atoms with van der Waals surface area (Å²) in [5, 5.41) is 12.0. The lowest BCUT2D eigenvalue weighted by atomic mass is 9.76. The smallest absolute Gasteiger partial charge is 0.321 e. The van der Waals surface area contributed by atoms with E-state index in [9.17, 15) is 4.79 Å². The van der Waals surface area contributed by atoms with Crippen molar-refractivity contribution in [1.29, 1.82) is 0 Å². The van der Waals surface area contributed by atoms with Crippen LogP contribution in [0.15, 0.2) is 0 Å². The molecule has 0 radical (unpaired) electrons. The maximum atomic E-state index is 10.9. The van der Waals surface area contributed by atoms with E-state index in [2.05, 4.69) is 5.32 Å². The van der Waals surface area contributed by atoms with Crippen molar-refractivity contribution in [3.63, 3.8) is 0 Å². The molecule has 0 aliphatic carbocycles. The molecule has 1 aliphatic heterocycles. The minimum absolute atomic E-state index is 0.113. The van der Waals surface area contributed by atoms with E-state index in [4.69, 9.17) is 5.11 Å². The molecule has 12 heavy (non-hydrogen) atoms. The maximum absolute atomic E-state index is 10.9. The van der Waals surface area contributed by atoms with E-state index < -0.39 is 5.97 Å². The molecule has 3 nitrogen and oxygen atoms in total. The van der Waals surface area contributed by atoms with Crippen LogP contribution in [0.4, 0.5) is 0 Å². The van der Waals surface area contributed by atoms with Gasteiger partial charge in [0.1, 0.15) is 6.04 Å². The van der Waals surface area contributed by atoms with E-state index >= 15 is 0 Å². The summed E-state index contributed by atoms with van der Waals surface area (Å²) in [6.45, 7) is 6.04. The van der Waals surface area contributed by atoms with Crippen LogP contribution in [0.1, 0.15) is 33.6 Å². The number of nitrogens with one attached hydrogen (secondary N) is 1. The Bertz CT molecular complexity index is 189. The standard InChI is InChI=1S/C9H17NO2/c1-6-4-5-9(2,3)7(10-6)8(11)12/h6-7,10H,4-5H2,1-3H3,(H,11,12). The lowest BCUT2D eigenvalue weighted by molar-refractivity contribution is -0.144. The second kappa shape index (κ2) is 3.05. The number of hydrogen-bond donors (Lipinski definition) is 2. The number of aliphatic carboxylic acids is 1. The largest absolute Gasteiger partial charge is 0.480 e. The third-order valence-electron chi connectivity index (χ3n) is 2.70. The van der Waals surface area contributed by atoms with Crippen LogP contribution in [0.25, 0.3) is 0 Å². The summed E-state index contributed by atoms with van der Waals surface area (Å²) in [7, 11) is 0. The zero-order valence-electron chi connectivity index (χ0n) is 7.92. The van der Waals surface area contributed by atoms with Gasteiger partial charge in [-0.05, 0) is 25.2 Å². The maximum Gasteiger partial charge on any atom is 0.321 e. The molecule has 1 fully saturated rings. The Labute approximate surface area is 73.2 Å².